The zero-order chi connectivity index (χ0) is 13.0. The van der Waals surface area contributed by atoms with Gasteiger partial charge in [0.25, 0.3) is 0 Å². The molecule has 0 aromatic carbocycles. The molecule has 0 aromatic heterocycles. The van der Waals surface area contributed by atoms with Gasteiger partial charge in [0.05, 0.1) is 0 Å². The number of nitrogens with zero attached hydrogens (tertiary/aromatic N) is 2. The second kappa shape index (κ2) is 6.23. The first kappa shape index (κ1) is 14.3. The molecule has 0 amide bonds. The van der Waals surface area contributed by atoms with Crippen LogP contribution >= 0.6 is 7.92 Å². The highest BCUT2D eigenvalue weighted by Crippen LogP contribution is 2.29. The van der Waals surface area contributed by atoms with Crippen molar-refractivity contribution in [2.24, 2.45) is 0 Å². The lowest BCUT2D eigenvalue weighted by Gasteiger charge is -2.25. The Morgan fingerprint density at radius 3 is 2.29 bits per heavy atom. The lowest BCUT2D eigenvalue weighted by Crippen LogP contribution is -2.27. The summed E-state index contributed by atoms with van der Waals surface area (Å²) < 4.78 is 0. The third-order valence-electron chi connectivity index (χ3n) is 2.33. The summed E-state index contributed by atoms with van der Waals surface area (Å²) in [5.41, 5.74) is 3.73. The van der Waals surface area contributed by atoms with E-state index in [1.165, 1.54) is 17.1 Å². The summed E-state index contributed by atoms with van der Waals surface area (Å²) in [6.07, 6.45) is 4.42. The number of hydrogen-bond donors (Lipinski definition) is 1. The van der Waals surface area contributed by atoms with Crippen LogP contribution in [0.25, 0.3) is 0 Å². The van der Waals surface area contributed by atoms with Gasteiger partial charge in [-0.15, -0.1) is 0 Å². The highest BCUT2D eigenvalue weighted by molar-refractivity contribution is 7.59. The Labute approximate surface area is 107 Å². The Bertz CT molecular complexity index is 352. The summed E-state index contributed by atoms with van der Waals surface area (Å²) in [4.78, 5) is 4.33. The zero-order valence-electron chi connectivity index (χ0n) is 11.8. The Morgan fingerprint density at radius 2 is 1.82 bits per heavy atom. The van der Waals surface area contributed by atoms with Crippen molar-refractivity contribution >= 4 is 7.92 Å². The molecule has 0 spiro atoms. The van der Waals surface area contributed by atoms with Gasteiger partial charge in [0.1, 0.15) is 0 Å². The molecule has 0 atom stereocenters. The lowest BCUT2D eigenvalue weighted by molar-refractivity contribution is 0.433. The Kier molecular flexibility index (Phi) is 5.23. The first-order valence-corrected chi connectivity index (χ1v) is 8.08. The highest BCUT2D eigenvalue weighted by Gasteiger charge is 2.10. The smallest absolute Gasteiger partial charge is 0.0407 e. The Balaban J connectivity index is 2.92. The van der Waals surface area contributed by atoms with E-state index in [1.807, 2.05) is 0 Å². The van der Waals surface area contributed by atoms with Crippen LogP contribution in [0, 0.1) is 0 Å². The summed E-state index contributed by atoms with van der Waals surface area (Å²) in [7, 11) is 8.31. The maximum Gasteiger partial charge on any atom is 0.0407 e. The van der Waals surface area contributed by atoms with Gasteiger partial charge in [-0.05, 0) is 45.4 Å². The van der Waals surface area contributed by atoms with Gasteiger partial charge in [0, 0.05) is 37.7 Å². The molecule has 0 radical (unpaired) electrons. The minimum Gasteiger partial charge on any atom is -0.378 e. The van der Waals surface area contributed by atoms with E-state index in [0.717, 1.165) is 6.54 Å². The average molecular weight is 253 g/mol. The molecule has 0 aliphatic carbocycles. The van der Waals surface area contributed by atoms with E-state index in [1.54, 1.807) is 0 Å². The van der Waals surface area contributed by atoms with E-state index in [9.17, 15) is 0 Å². The van der Waals surface area contributed by atoms with Gasteiger partial charge in [-0.1, -0.05) is 7.92 Å². The fourth-order valence-corrected chi connectivity index (χ4v) is 2.36. The molecule has 1 rings (SSSR count). The van der Waals surface area contributed by atoms with Crippen LogP contribution in [0.5, 0.6) is 0 Å². The quantitative estimate of drug-likeness (QED) is 0.774. The number of hydrogen-bond acceptors (Lipinski definition) is 3. The molecule has 0 unspecified atom stereocenters. The van der Waals surface area contributed by atoms with Crippen molar-refractivity contribution in [3.8, 4) is 0 Å². The molecule has 0 fully saturated rings. The molecule has 0 bridgehead atoms. The molecule has 1 aliphatic heterocycles. The molecule has 0 saturated heterocycles. The maximum absolute atomic E-state index is 3.49. The Hall–Kier alpha value is -0.790. The van der Waals surface area contributed by atoms with Gasteiger partial charge in [-0.25, -0.2) is 0 Å². The van der Waals surface area contributed by atoms with Crippen LogP contribution in [-0.4, -0.2) is 57.9 Å². The maximum atomic E-state index is 3.49. The van der Waals surface area contributed by atoms with Crippen LogP contribution in [0.2, 0.25) is 0 Å². The molecular weight excluding hydrogens is 229 g/mol. The van der Waals surface area contributed by atoms with E-state index in [4.69, 9.17) is 0 Å². The first-order valence-electron chi connectivity index (χ1n) is 5.78. The van der Waals surface area contributed by atoms with Gasteiger partial charge < -0.3 is 15.1 Å². The monoisotopic (exact) mass is 253 g/mol. The second-order valence-electron chi connectivity index (χ2n) is 5.04. The van der Waals surface area contributed by atoms with Crippen LogP contribution in [0.4, 0.5) is 0 Å². The van der Waals surface area contributed by atoms with Gasteiger partial charge in [0.15, 0.2) is 0 Å². The molecule has 4 heteroatoms. The van der Waals surface area contributed by atoms with E-state index < -0.39 is 0 Å². The van der Waals surface area contributed by atoms with E-state index in [-0.39, 0.29) is 7.92 Å². The normalized spacial score (nSPS) is 18.2. The van der Waals surface area contributed by atoms with E-state index in [2.05, 4.69) is 74.6 Å². The number of rotatable bonds is 4. The van der Waals surface area contributed by atoms with E-state index >= 15 is 0 Å². The van der Waals surface area contributed by atoms with Crippen molar-refractivity contribution in [1.29, 1.82) is 0 Å². The van der Waals surface area contributed by atoms with Crippen LogP contribution in [-0.2, 0) is 0 Å². The molecule has 1 heterocycles. The number of dihydropyridines is 1. The lowest BCUT2D eigenvalue weighted by atomic mass is 10.2. The minimum atomic E-state index is -0.0295. The standard InChI is InChI=1S/C13H24N3P/c1-15(2)9-11-7-13(16(3)4)8-12(14-11)10-17(5)6/h7-8,10,14H,9H2,1-6H3/b12-10+. The van der Waals surface area contributed by atoms with Crippen molar-refractivity contribution in [2.45, 2.75) is 0 Å². The molecular formula is C13H24N3P. The van der Waals surface area contributed by atoms with Crippen LogP contribution in [0.3, 0.4) is 0 Å². The molecule has 0 saturated carbocycles. The Morgan fingerprint density at radius 1 is 1.18 bits per heavy atom. The van der Waals surface area contributed by atoms with Crippen molar-refractivity contribution in [2.75, 3.05) is 48.1 Å². The topological polar surface area (TPSA) is 18.5 Å². The predicted octanol–water partition coefficient (Wildman–Crippen LogP) is 2.06. The zero-order valence-corrected chi connectivity index (χ0v) is 12.7. The minimum absolute atomic E-state index is 0.0295. The van der Waals surface area contributed by atoms with Gasteiger partial charge >= 0.3 is 0 Å². The van der Waals surface area contributed by atoms with Crippen molar-refractivity contribution in [3.05, 3.63) is 35.1 Å². The molecule has 17 heavy (non-hydrogen) atoms. The summed E-state index contributed by atoms with van der Waals surface area (Å²) >= 11 is 0. The summed E-state index contributed by atoms with van der Waals surface area (Å²) in [5.74, 6) is 2.32. The fraction of sp³-hybridized carbons (Fsp3) is 0.538. The van der Waals surface area contributed by atoms with Crippen molar-refractivity contribution < 1.29 is 0 Å². The van der Waals surface area contributed by atoms with Gasteiger partial charge in [-0.2, -0.15) is 0 Å². The van der Waals surface area contributed by atoms with Crippen LogP contribution < -0.4 is 5.32 Å². The van der Waals surface area contributed by atoms with E-state index in [0.29, 0.717) is 0 Å². The third-order valence-corrected chi connectivity index (χ3v) is 3.13. The molecule has 1 N–H and O–H groups in total. The summed E-state index contributed by atoms with van der Waals surface area (Å²) in [5, 5.41) is 3.49. The molecule has 3 nitrogen and oxygen atoms in total. The van der Waals surface area contributed by atoms with Crippen molar-refractivity contribution in [3.63, 3.8) is 0 Å². The largest absolute Gasteiger partial charge is 0.378 e. The third kappa shape index (κ3) is 4.93. The number of nitrogens with one attached hydrogen (secondary N) is 1. The summed E-state index contributed by atoms with van der Waals surface area (Å²) in [6, 6.07) is 0. The fourth-order valence-electron chi connectivity index (χ4n) is 1.67. The second-order valence-corrected chi connectivity index (χ2v) is 7.23. The first-order chi connectivity index (χ1) is 7.88. The van der Waals surface area contributed by atoms with Crippen LogP contribution in [0.1, 0.15) is 0 Å². The average Bonchev–Trinajstić information content (AvgIpc) is 2.14. The number of allylic oxidation sites excluding steroid dienone is 2. The van der Waals surface area contributed by atoms with Gasteiger partial charge in [0.2, 0.25) is 0 Å². The molecule has 1 aliphatic rings. The summed E-state index contributed by atoms with van der Waals surface area (Å²) in [6.45, 7) is 5.46. The predicted molar refractivity (Wildman–Crippen MR) is 78.4 cm³/mol. The highest BCUT2D eigenvalue weighted by atomic mass is 31.1. The molecule has 0 aromatic rings. The molecule has 96 valence electrons. The SMILES string of the molecule is CN(C)CC1=CC(N(C)C)=C/C(=C\P(C)C)N1. The van der Waals surface area contributed by atoms with Gasteiger partial charge in [-0.3, -0.25) is 0 Å². The van der Waals surface area contributed by atoms with Crippen LogP contribution in [0.15, 0.2) is 35.1 Å². The van der Waals surface area contributed by atoms with Crippen molar-refractivity contribution in [1.82, 2.24) is 15.1 Å². The number of likely N-dealkylation sites (N-methyl/N-ethyl adjacent to an activating group) is 2.